The van der Waals surface area contributed by atoms with Crippen LogP contribution >= 0.6 is 0 Å². The first-order valence-electron chi connectivity index (χ1n) is 9.61. The Balaban J connectivity index is 2.07. The van der Waals surface area contributed by atoms with E-state index in [-0.39, 0.29) is 28.8 Å². The van der Waals surface area contributed by atoms with Gasteiger partial charge >= 0.3 is 5.97 Å². The third-order valence-electron chi connectivity index (χ3n) is 4.51. The highest BCUT2D eigenvalue weighted by molar-refractivity contribution is 5.76. The molecule has 32 heavy (non-hydrogen) atoms. The van der Waals surface area contributed by atoms with E-state index in [1.165, 1.54) is 19.1 Å². The molecule has 0 bridgehead atoms. The number of aromatic hydroxyl groups is 1. The van der Waals surface area contributed by atoms with Crippen molar-refractivity contribution < 1.29 is 24.5 Å². The van der Waals surface area contributed by atoms with Crippen LogP contribution in [0.5, 0.6) is 17.2 Å². The molecule has 1 unspecified atom stereocenters. The summed E-state index contributed by atoms with van der Waals surface area (Å²) in [7, 11) is 0. The van der Waals surface area contributed by atoms with E-state index in [1.807, 2.05) is 0 Å². The van der Waals surface area contributed by atoms with Crippen LogP contribution in [0.1, 0.15) is 13.8 Å². The van der Waals surface area contributed by atoms with E-state index in [2.05, 4.69) is 15.4 Å². The van der Waals surface area contributed by atoms with Gasteiger partial charge in [-0.1, -0.05) is 6.07 Å². The molecule has 3 rings (SSSR count). The lowest BCUT2D eigenvalue weighted by Crippen LogP contribution is -2.22. The topological polar surface area (TPSA) is 186 Å². The fourth-order valence-corrected chi connectivity index (χ4v) is 2.97. The first-order chi connectivity index (χ1) is 15.2. The highest BCUT2D eigenvalue weighted by Gasteiger charge is 2.17. The van der Waals surface area contributed by atoms with Gasteiger partial charge in [0.05, 0.1) is 12.2 Å². The van der Waals surface area contributed by atoms with Gasteiger partial charge < -0.3 is 35.8 Å². The van der Waals surface area contributed by atoms with Crippen molar-refractivity contribution in [1.82, 2.24) is 9.97 Å². The van der Waals surface area contributed by atoms with E-state index in [1.54, 1.807) is 31.2 Å². The average Bonchev–Trinajstić information content (AvgIpc) is 2.75. The second-order valence-corrected chi connectivity index (χ2v) is 6.78. The van der Waals surface area contributed by atoms with E-state index in [4.69, 9.17) is 26.2 Å². The molecule has 11 nitrogen and oxygen atoms in total. The molecule has 11 heteroatoms. The summed E-state index contributed by atoms with van der Waals surface area (Å²) in [5.74, 6) is 4.99. The summed E-state index contributed by atoms with van der Waals surface area (Å²) in [5, 5.41) is 19.1. The van der Waals surface area contributed by atoms with Gasteiger partial charge in [-0.05, 0) is 49.2 Å². The molecular weight excluding hydrogens is 418 g/mol. The van der Waals surface area contributed by atoms with Gasteiger partial charge in [-0.25, -0.2) is 15.6 Å². The lowest BCUT2D eigenvalue weighted by Gasteiger charge is -2.15. The maximum absolute atomic E-state index is 12.1. The number of nitrogens with two attached hydrogens (primary N) is 2. The molecule has 0 aliphatic rings. The molecule has 0 radical (unpaired) electrons. The Bertz CT molecular complexity index is 1210. The van der Waals surface area contributed by atoms with Crippen LogP contribution in [0.15, 0.2) is 41.2 Å². The summed E-state index contributed by atoms with van der Waals surface area (Å²) < 4.78 is 11.1. The molecule has 1 atom stereocenters. The number of ether oxygens (including phenoxy) is 2. The molecule has 0 fully saturated rings. The Morgan fingerprint density at radius 3 is 2.66 bits per heavy atom. The first-order valence-corrected chi connectivity index (χ1v) is 9.61. The molecule has 1 heterocycles. The Kier molecular flexibility index (Phi) is 6.50. The number of carbonyl (C=O) groups is 1. The number of nitrogen functional groups attached to an aromatic ring is 2. The van der Waals surface area contributed by atoms with Crippen molar-refractivity contribution in [2.75, 3.05) is 17.8 Å². The van der Waals surface area contributed by atoms with E-state index in [0.717, 1.165) is 0 Å². The minimum atomic E-state index is -1.13. The van der Waals surface area contributed by atoms with Crippen LogP contribution < -0.4 is 32.0 Å². The Hall–Kier alpha value is -4.25. The van der Waals surface area contributed by atoms with Crippen molar-refractivity contribution >= 4 is 17.5 Å². The number of aromatic nitrogens is 2. The van der Waals surface area contributed by atoms with E-state index >= 15 is 0 Å². The molecule has 1 aromatic heterocycles. The SMILES string of the molecule is CCOc1cc(-c2cc(O)cc(OC(C)C(=O)O)c2)ccc1-c1nc(NN)c(N)c(=O)[nH]1. The molecule has 3 aromatic rings. The first kappa shape index (κ1) is 22.4. The lowest BCUT2D eigenvalue weighted by molar-refractivity contribution is -0.144. The van der Waals surface area contributed by atoms with Gasteiger partial charge in [0, 0.05) is 6.07 Å². The van der Waals surface area contributed by atoms with E-state index < -0.39 is 17.6 Å². The van der Waals surface area contributed by atoms with Gasteiger partial charge in [-0.3, -0.25) is 4.79 Å². The van der Waals surface area contributed by atoms with Crippen LogP contribution in [0, 0.1) is 0 Å². The zero-order valence-corrected chi connectivity index (χ0v) is 17.4. The van der Waals surface area contributed by atoms with Gasteiger partial charge in [-0.2, -0.15) is 0 Å². The van der Waals surface area contributed by atoms with Crippen LogP contribution in [0.3, 0.4) is 0 Å². The number of H-pyrrole nitrogens is 1. The Labute approximate surface area is 182 Å². The fraction of sp³-hybridized carbons (Fsp3) is 0.190. The number of hydrogen-bond donors (Lipinski definition) is 6. The number of phenols is 1. The summed E-state index contributed by atoms with van der Waals surface area (Å²) in [4.78, 5) is 30.0. The highest BCUT2D eigenvalue weighted by Crippen LogP contribution is 2.36. The maximum atomic E-state index is 12.1. The van der Waals surface area contributed by atoms with Gasteiger partial charge in [0.25, 0.3) is 5.56 Å². The number of hydrazine groups is 1. The highest BCUT2D eigenvalue weighted by atomic mass is 16.5. The zero-order chi connectivity index (χ0) is 23.4. The Morgan fingerprint density at radius 1 is 1.25 bits per heavy atom. The third-order valence-corrected chi connectivity index (χ3v) is 4.51. The van der Waals surface area contributed by atoms with Crippen LogP contribution in [-0.2, 0) is 4.79 Å². The number of nitrogens with one attached hydrogen (secondary N) is 2. The number of rotatable bonds is 8. The fourth-order valence-electron chi connectivity index (χ4n) is 2.97. The van der Waals surface area contributed by atoms with Gasteiger partial charge in [0.1, 0.15) is 28.8 Å². The maximum Gasteiger partial charge on any atom is 0.344 e. The van der Waals surface area contributed by atoms with Crippen LogP contribution in [0.25, 0.3) is 22.5 Å². The number of aromatic amines is 1. The summed E-state index contributed by atoms with van der Waals surface area (Å²) in [6.45, 7) is 3.52. The van der Waals surface area contributed by atoms with E-state index in [0.29, 0.717) is 29.0 Å². The summed E-state index contributed by atoms with van der Waals surface area (Å²) in [5.41, 5.74) is 8.95. The van der Waals surface area contributed by atoms with Gasteiger partial charge in [0.15, 0.2) is 11.9 Å². The molecule has 0 saturated carbocycles. The van der Waals surface area contributed by atoms with Crippen molar-refractivity contribution in [3.63, 3.8) is 0 Å². The monoisotopic (exact) mass is 441 g/mol. The second kappa shape index (κ2) is 9.27. The number of nitrogens with zero attached hydrogens (tertiary/aromatic N) is 1. The predicted octanol–water partition coefficient (Wildman–Crippen LogP) is 1.93. The summed E-state index contributed by atoms with van der Waals surface area (Å²) in [6.07, 6.45) is -1.09. The number of carboxylic acid groups (broad SMARTS) is 1. The molecule has 0 saturated heterocycles. The lowest BCUT2D eigenvalue weighted by atomic mass is 10.0. The second-order valence-electron chi connectivity index (χ2n) is 6.78. The minimum Gasteiger partial charge on any atom is -0.508 e. The van der Waals surface area contributed by atoms with Crippen molar-refractivity contribution in [3.8, 4) is 39.8 Å². The molecule has 0 aliphatic carbocycles. The van der Waals surface area contributed by atoms with Crippen molar-refractivity contribution in [2.45, 2.75) is 20.0 Å². The molecular formula is C21H23N5O6. The predicted molar refractivity (Wildman–Crippen MR) is 119 cm³/mol. The number of aliphatic carboxylic acids is 1. The quantitative estimate of drug-likeness (QED) is 0.223. The average molecular weight is 441 g/mol. The van der Waals surface area contributed by atoms with Crippen molar-refractivity contribution in [2.24, 2.45) is 5.84 Å². The zero-order valence-electron chi connectivity index (χ0n) is 17.4. The number of carboxylic acids is 1. The van der Waals surface area contributed by atoms with Crippen LogP contribution in [-0.4, -0.2) is 38.9 Å². The molecule has 8 N–H and O–H groups in total. The van der Waals surface area contributed by atoms with E-state index in [9.17, 15) is 14.7 Å². The van der Waals surface area contributed by atoms with Crippen LogP contribution in [0.4, 0.5) is 11.5 Å². The standard InChI is InChI=1S/C21H23N5O6/c1-3-31-16-8-11(12-6-13(27)9-14(7-12)32-10(2)21(29)30)4-5-15(16)18-24-19(26-23)17(22)20(28)25-18/h4-10,27H,3,22-23H2,1-2H3,(H,29,30)(H2,24,25,26,28). The smallest absolute Gasteiger partial charge is 0.344 e. The summed E-state index contributed by atoms with van der Waals surface area (Å²) >= 11 is 0. The number of hydrogen-bond acceptors (Lipinski definition) is 9. The number of phenolic OH excluding ortho intramolecular Hbond substituents is 1. The number of anilines is 2. The van der Waals surface area contributed by atoms with Gasteiger partial charge in [-0.15, -0.1) is 0 Å². The Morgan fingerprint density at radius 2 is 2.00 bits per heavy atom. The normalized spacial score (nSPS) is 11.6. The molecule has 0 spiro atoms. The summed E-state index contributed by atoms with van der Waals surface area (Å²) in [6, 6.07) is 9.53. The molecule has 2 aromatic carbocycles. The molecule has 0 aliphatic heterocycles. The minimum absolute atomic E-state index is 0.0256. The third kappa shape index (κ3) is 4.73. The number of benzene rings is 2. The van der Waals surface area contributed by atoms with Crippen molar-refractivity contribution in [3.05, 3.63) is 46.8 Å². The molecule has 0 amide bonds. The largest absolute Gasteiger partial charge is 0.508 e. The van der Waals surface area contributed by atoms with Crippen LogP contribution in [0.2, 0.25) is 0 Å². The molecule has 168 valence electrons. The van der Waals surface area contributed by atoms with Gasteiger partial charge in [0.2, 0.25) is 0 Å². The van der Waals surface area contributed by atoms with Crippen molar-refractivity contribution in [1.29, 1.82) is 0 Å².